The van der Waals surface area contributed by atoms with Gasteiger partial charge in [0.25, 0.3) is 0 Å². The minimum Gasteiger partial charge on any atom is -0.339 e. The summed E-state index contributed by atoms with van der Waals surface area (Å²) in [6.45, 7) is 7.77. The summed E-state index contributed by atoms with van der Waals surface area (Å²) in [5.41, 5.74) is 5.94. The minimum atomic E-state index is 0.871. The second kappa shape index (κ2) is 6.44. The van der Waals surface area contributed by atoms with E-state index in [9.17, 15) is 0 Å². The molecule has 3 heterocycles. The third-order valence-corrected chi connectivity index (χ3v) is 3.61. The van der Waals surface area contributed by atoms with Crippen LogP contribution in [-0.4, -0.2) is 15.0 Å². The summed E-state index contributed by atoms with van der Waals surface area (Å²) in [7, 11) is 0. The van der Waals surface area contributed by atoms with Gasteiger partial charge in [-0.05, 0) is 43.7 Å². The Morgan fingerprint density at radius 1 is 1.26 bits per heavy atom. The van der Waals surface area contributed by atoms with Crippen molar-refractivity contribution in [2.24, 2.45) is 0 Å². The maximum absolute atomic E-state index is 4.57. The summed E-state index contributed by atoms with van der Waals surface area (Å²) >= 11 is 0. The Kier molecular flexibility index (Phi) is 4.20. The molecule has 3 aromatic rings. The molecule has 0 aliphatic carbocycles. The highest BCUT2D eigenvalue weighted by Crippen LogP contribution is 2.25. The van der Waals surface area contributed by atoms with Crippen molar-refractivity contribution in [3.8, 4) is 11.3 Å². The molecule has 0 aliphatic rings. The van der Waals surface area contributed by atoms with Crippen LogP contribution in [-0.2, 0) is 0 Å². The molecule has 0 aliphatic heterocycles. The summed E-state index contributed by atoms with van der Waals surface area (Å²) in [5.74, 6) is 0. The van der Waals surface area contributed by atoms with Gasteiger partial charge in [0.15, 0.2) is 0 Å². The number of aromatic nitrogens is 3. The highest BCUT2D eigenvalue weighted by Gasteiger charge is 2.07. The number of aryl methyl sites for hydroxylation is 1. The molecule has 0 aromatic carbocycles. The lowest BCUT2D eigenvalue weighted by molar-refractivity contribution is 1.20. The van der Waals surface area contributed by atoms with Crippen molar-refractivity contribution in [2.75, 3.05) is 0 Å². The number of nitrogens with one attached hydrogen (secondary N) is 1. The average Bonchev–Trinajstić information content (AvgIpc) is 2.97. The fraction of sp³-hybridized carbons (Fsp3) is 0.100. The maximum Gasteiger partial charge on any atom is 0.137 e. The van der Waals surface area contributed by atoms with E-state index >= 15 is 0 Å². The van der Waals surface area contributed by atoms with Crippen molar-refractivity contribution in [1.29, 1.82) is 0 Å². The van der Waals surface area contributed by atoms with E-state index in [1.54, 1.807) is 6.08 Å². The number of hydrogen-bond donors (Lipinski definition) is 1. The van der Waals surface area contributed by atoms with Gasteiger partial charge < -0.3 is 4.98 Å². The molecule has 0 bridgehead atoms. The molecule has 0 amide bonds. The van der Waals surface area contributed by atoms with E-state index in [1.807, 2.05) is 50.4 Å². The first kappa shape index (κ1) is 15.0. The van der Waals surface area contributed by atoms with Gasteiger partial charge in [0.05, 0.1) is 5.69 Å². The Labute approximate surface area is 136 Å². The third-order valence-electron chi connectivity index (χ3n) is 3.61. The van der Waals surface area contributed by atoms with Crippen LogP contribution in [0.3, 0.4) is 0 Å². The standard InChI is InChI=1S/C20H19N3/c1-4-7-15(8-5-2)19-12-16-11-17(13-21-20(16)23-19)18-10-6-9-14(3)22-18/h4-13H,1H2,2-3H3,(H,21,23)/b8-5-,15-7+. The lowest BCUT2D eigenvalue weighted by Crippen LogP contribution is -1.87. The van der Waals surface area contributed by atoms with E-state index in [4.69, 9.17) is 0 Å². The Balaban J connectivity index is 2.07. The lowest BCUT2D eigenvalue weighted by atomic mass is 10.1. The van der Waals surface area contributed by atoms with E-state index < -0.39 is 0 Å². The van der Waals surface area contributed by atoms with Crippen LogP contribution < -0.4 is 0 Å². The third kappa shape index (κ3) is 3.14. The van der Waals surface area contributed by atoms with Crippen LogP contribution in [0.2, 0.25) is 0 Å². The Morgan fingerprint density at radius 2 is 2.13 bits per heavy atom. The van der Waals surface area contributed by atoms with Crippen LogP contribution in [0.25, 0.3) is 27.9 Å². The molecule has 3 nitrogen and oxygen atoms in total. The summed E-state index contributed by atoms with van der Waals surface area (Å²) in [6, 6.07) is 10.2. The first-order valence-electron chi connectivity index (χ1n) is 7.60. The van der Waals surface area contributed by atoms with Crippen molar-refractivity contribution in [2.45, 2.75) is 13.8 Å². The normalized spacial score (nSPS) is 12.2. The van der Waals surface area contributed by atoms with E-state index in [1.165, 1.54) is 0 Å². The van der Waals surface area contributed by atoms with Crippen molar-refractivity contribution < 1.29 is 0 Å². The van der Waals surface area contributed by atoms with E-state index in [2.05, 4.69) is 39.7 Å². The molecule has 0 atom stereocenters. The number of H-pyrrole nitrogens is 1. The number of allylic oxidation sites excluding steroid dienone is 5. The van der Waals surface area contributed by atoms with Crippen molar-refractivity contribution in [3.05, 3.63) is 78.8 Å². The molecule has 0 saturated heterocycles. The molecule has 3 rings (SSSR count). The van der Waals surface area contributed by atoms with Gasteiger partial charge in [0.1, 0.15) is 5.65 Å². The highest BCUT2D eigenvalue weighted by molar-refractivity contribution is 5.87. The minimum absolute atomic E-state index is 0.871. The molecule has 0 fully saturated rings. The van der Waals surface area contributed by atoms with E-state index in [-0.39, 0.29) is 0 Å². The van der Waals surface area contributed by atoms with Crippen LogP contribution >= 0.6 is 0 Å². The molecular formula is C20H19N3. The SMILES string of the molecule is C=C/C=C(\C=C/C)c1cc2cc(-c3cccc(C)n3)cnc2[nH]1. The zero-order chi connectivity index (χ0) is 16.2. The van der Waals surface area contributed by atoms with E-state index in [0.717, 1.165) is 39.3 Å². The molecule has 3 heteroatoms. The van der Waals surface area contributed by atoms with E-state index in [0.29, 0.717) is 0 Å². The second-order valence-electron chi connectivity index (χ2n) is 5.37. The lowest BCUT2D eigenvalue weighted by Gasteiger charge is -2.01. The van der Waals surface area contributed by atoms with Gasteiger partial charge in [-0.1, -0.05) is 36.9 Å². The van der Waals surface area contributed by atoms with Crippen LogP contribution in [0.1, 0.15) is 18.3 Å². The van der Waals surface area contributed by atoms with Gasteiger partial charge >= 0.3 is 0 Å². The van der Waals surface area contributed by atoms with Gasteiger partial charge in [-0.15, -0.1) is 0 Å². The molecule has 0 saturated carbocycles. The quantitative estimate of drug-likeness (QED) is 0.683. The van der Waals surface area contributed by atoms with Gasteiger partial charge in [0.2, 0.25) is 0 Å². The summed E-state index contributed by atoms with van der Waals surface area (Å²) in [4.78, 5) is 12.5. The number of hydrogen-bond acceptors (Lipinski definition) is 2. The van der Waals surface area contributed by atoms with Crippen LogP contribution in [0.4, 0.5) is 0 Å². The predicted molar refractivity (Wildman–Crippen MR) is 97.0 cm³/mol. The van der Waals surface area contributed by atoms with Crippen molar-refractivity contribution in [1.82, 2.24) is 15.0 Å². The van der Waals surface area contributed by atoms with Crippen LogP contribution in [0, 0.1) is 6.92 Å². The summed E-state index contributed by atoms with van der Waals surface area (Å²) < 4.78 is 0. The number of fused-ring (bicyclic) bond motifs is 1. The molecular weight excluding hydrogens is 282 g/mol. The molecule has 1 N–H and O–H groups in total. The Bertz CT molecular complexity index is 914. The number of nitrogens with zero attached hydrogens (tertiary/aromatic N) is 2. The topological polar surface area (TPSA) is 41.6 Å². The smallest absolute Gasteiger partial charge is 0.137 e. The monoisotopic (exact) mass is 301 g/mol. The molecule has 114 valence electrons. The van der Waals surface area contributed by atoms with Gasteiger partial charge in [-0.2, -0.15) is 0 Å². The zero-order valence-electron chi connectivity index (χ0n) is 13.4. The average molecular weight is 301 g/mol. The van der Waals surface area contributed by atoms with Crippen molar-refractivity contribution in [3.63, 3.8) is 0 Å². The first-order valence-corrected chi connectivity index (χ1v) is 7.60. The zero-order valence-corrected chi connectivity index (χ0v) is 13.4. The fourth-order valence-corrected chi connectivity index (χ4v) is 2.56. The van der Waals surface area contributed by atoms with Gasteiger partial charge in [-0.25, -0.2) is 4.98 Å². The molecule has 23 heavy (non-hydrogen) atoms. The first-order chi connectivity index (χ1) is 11.2. The Hall–Kier alpha value is -2.94. The van der Waals surface area contributed by atoms with Gasteiger partial charge in [0, 0.05) is 28.5 Å². The number of pyridine rings is 2. The fourth-order valence-electron chi connectivity index (χ4n) is 2.56. The molecule has 0 unspecified atom stereocenters. The second-order valence-corrected chi connectivity index (χ2v) is 5.37. The van der Waals surface area contributed by atoms with Crippen LogP contribution in [0.15, 0.2) is 67.4 Å². The summed E-state index contributed by atoms with van der Waals surface area (Å²) in [6.07, 6.45) is 9.69. The molecule has 0 radical (unpaired) electrons. The predicted octanol–water partition coefficient (Wildman–Crippen LogP) is 5.08. The largest absolute Gasteiger partial charge is 0.339 e. The van der Waals surface area contributed by atoms with Crippen molar-refractivity contribution >= 4 is 16.6 Å². The van der Waals surface area contributed by atoms with Crippen LogP contribution in [0.5, 0.6) is 0 Å². The summed E-state index contributed by atoms with van der Waals surface area (Å²) in [5, 5.41) is 1.07. The molecule has 0 spiro atoms. The Morgan fingerprint density at radius 3 is 2.87 bits per heavy atom. The van der Waals surface area contributed by atoms with Gasteiger partial charge in [-0.3, -0.25) is 4.98 Å². The molecule has 3 aromatic heterocycles. The number of rotatable bonds is 4. The maximum atomic E-state index is 4.57. The number of aromatic amines is 1. The highest BCUT2D eigenvalue weighted by atomic mass is 14.9.